The summed E-state index contributed by atoms with van der Waals surface area (Å²) in [7, 11) is 0. The average Bonchev–Trinajstić information content (AvgIpc) is 2.34. The minimum absolute atomic E-state index is 0.154. The molecule has 2 aromatic rings. The van der Waals surface area contributed by atoms with E-state index in [-0.39, 0.29) is 15.4 Å². The van der Waals surface area contributed by atoms with Gasteiger partial charge in [0.15, 0.2) is 11.0 Å². The van der Waals surface area contributed by atoms with Crippen LogP contribution in [0.4, 0.5) is 24.7 Å². The maximum Gasteiger partial charge on any atom is 0.573 e. The standard InChI is InChI=1S/C11H6BrClF3N3O/c12-7-5-6(1-2-8(7)20-11(14,15)16)17-10-4-3-9(13)18-19-10/h1-5H,(H,17,19). The summed E-state index contributed by atoms with van der Waals surface area (Å²) in [4.78, 5) is 0. The van der Waals surface area contributed by atoms with E-state index in [9.17, 15) is 13.2 Å². The van der Waals surface area contributed by atoms with Crippen LogP contribution in [0, 0.1) is 0 Å². The molecule has 1 N–H and O–H groups in total. The van der Waals surface area contributed by atoms with Crippen LogP contribution in [0.2, 0.25) is 5.15 Å². The van der Waals surface area contributed by atoms with Crippen LogP contribution in [0.3, 0.4) is 0 Å². The number of rotatable bonds is 3. The molecule has 9 heteroatoms. The molecule has 0 radical (unpaired) electrons. The largest absolute Gasteiger partial charge is 0.573 e. The van der Waals surface area contributed by atoms with Crippen LogP contribution in [0.5, 0.6) is 5.75 Å². The first-order valence-corrected chi connectivity index (χ1v) is 6.32. The second kappa shape index (κ2) is 5.84. The number of hydrogen-bond acceptors (Lipinski definition) is 4. The average molecular weight is 369 g/mol. The van der Waals surface area contributed by atoms with Crippen molar-refractivity contribution in [3.63, 3.8) is 0 Å². The zero-order chi connectivity index (χ0) is 14.8. The fourth-order valence-corrected chi connectivity index (χ4v) is 1.88. The first-order chi connectivity index (χ1) is 9.33. The highest BCUT2D eigenvalue weighted by Gasteiger charge is 2.31. The quantitative estimate of drug-likeness (QED) is 0.864. The van der Waals surface area contributed by atoms with Crippen molar-refractivity contribution in [2.45, 2.75) is 6.36 Å². The van der Waals surface area contributed by atoms with Crippen molar-refractivity contribution in [2.75, 3.05) is 5.32 Å². The van der Waals surface area contributed by atoms with Crippen molar-refractivity contribution in [3.05, 3.63) is 40.0 Å². The minimum atomic E-state index is -4.74. The van der Waals surface area contributed by atoms with Crippen LogP contribution in [0.1, 0.15) is 0 Å². The third-order valence-corrected chi connectivity index (χ3v) is 2.88. The first kappa shape index (κ1) is 14.9. The molecule has 4 nitrogen and oxygen atoms in total. The summed E-state index contributed by atoms with van der Waals surface area (Å²) in [5.74, 6) is 0.0797. The third-order valence-electron chi connectivity index (χ3n) is 2.06. The van der Waals surface area contributed by atoms with E-state index >= 15 is 0 Å². The number of halogens is 5. The predicted molar refractivity (Wildman–Crippen MR) is 71.1 cm³/mol. The molecule has 0 saturated heterocycles. The molecule has 0 spiro atoms. The van der Waals surface area contributed by atoms with Crippen LogP contribution >= 0.6 is 27.5 Å². The second-order valence-corrected chi connectivity index (χ2v) is 4.80. The lowest BCUT2D eigenvalue weighted by atomic mass is 10.3. The molecule has 20 heavy (non-hydrogen) atoms. The number of alkyl halides is 3. The first-order valence-electron chi connectivity index (χ1n) is 5.15. The molecule has 0 aliphatic rings. The Balaban J connectivity index is 2.14. The van der Waals surface area contributed by atoms with Crippen LogP contribution in [-0.4, -0.2) is 16.6 Å². The highest BCUT2D eigenvalue weighted by atomic mass is 79.9. The van der Waals surface area contributed by atoms with Gasteiger partial charge < -0.3 is 10.1 Å². The highest BCUT2D eigenvalue weighted by molar-refractivity contribution is 9.10. The molecule has 0 saturated carbocycles. The van der Waals surface area contributed by atoms with Crippen LogP contribution in [-0.2, 0) is 0 Å². The van der Waals surface area contributed by atoms with Gasteiger partial charge in [0.1, 0.15) is 5.75 Å². The maximum atomic E-state index is 12.1. The molecule has 2 rings (SSSR count). The summed E-state index contributed by atoms with van der Waals surface area (Å²) in [5.41, 5.74) is 0.517. The van der Waals surface area contributed by atoms with E-state index in [2.05, 4.69) is 36.2 Å². The normalized spacial score (nSPS) is 11.2. The van der Waals surface area contributed by atoms with Gasteiger partial charge >= 0.3 is 6.36 Å². The maximum absolute atomic E-state index is 12.1. The monoisotopic (exact) mass is 367 g/mol. The van der Waals surface area contributed by atoms with Crippen LogP contribution in [0.15, 0.2) is 34.8 Å². The Morgan fingerprint density at radius 2 is 1.90 bits per heavy atom. The molecule has 0 bridgehead atoms. The summed E-state index contributed by atoms with van der Waals surface area (Å²) >= 11 is 8.59. The Morgan fingerprint density at radius 3 is 2.45 bits per heavy atom. The summed E-state index contributed by atoms with van der Waals surface area (Å²) < 4.78 is 40.3. The SMILES string of the molecule is FC(F)(F)Oc1ccc(Nc2ccc(Cl)nn2)cc1Br. The number of hydrogen-bond donors (Lipinski definition) is 1. The Kier molecular flexibility index (Phi) is 4.34. The fraction of sp³-hybridized carbons (Fsp3) is 0.0909. The molecule has 0 fully saturated rings. The lowest BCUT2D eigenvalue weighted by Gasteiger charge is -2.12. The van der Waals surface area contributed by atoms with Crippen molar-refractivity contribution in [2.24, 2.45) is 0 Å². The smallest absolute Gasteiger partial charge is 0.405 e. The van der Waals surface area contributed by atoms with E-state index in [1.807, 2.05) is 0 Å². The van der Waals surface area contributed by atoms with Crippen molar-refractivity contribution < 1.29 is 17.9 Å². The Labute approximate surface area is 125 Å². The Morgan fingerprint density at radius 1 is 1.15 bits per heavy atom. The zero-order valence-corrected chi connectivity index (χ0v) is 11.9. The van der Waals surface area contributed by atoms with Gasteiger partial charge in [-0.15, -0.1) is 23.4 Å². The molecular formula is C11H6BrClF3N3O. The number of benzene rings is 1. The molecular weight excluding hydrogens is 362 g/mol. The summed E-state index contributed by atoms with van der Waals surface area (Å²) in [6.07, 6.45) is -4.74. The zero-order valence-electron chi connectivity index (χ0n) is 9.58. The molecule has 0 aliphatic heterocycles. The molecule has 106 valence electrons. The molecule has 0 amide bonds. The molecule has 1 aromatic heterocycles. The van der Waals surface area contributed by atoms with Crippen molar-refractivity contribution in [1.29, 1.82) is 0 Å². The van der Waals surface area contributed by atoms with E-state index in [0.717, 1.165) is 0 Å². The predicted octanol–water partition coefficient (Wildman–Crippen LogP) is 4.53. The topological polar surface area (TPSA) is 47.0 Å². The lowest BCUT2D eigenvalue weighted by Crippen LogP contribution is -2.17. The third kappa shape index (κ3) is 4.24. The summed E-state index contributed by atoms with van der Waals surface area (Å²) in [6, 6.07) is 7.15. The van der Waals surface area contributed by atoms with Crippen LogP contribution < -0.4 is 10.1 Å². The molecule has 1 aromatic carbocycles. The van der Waals surface area contributed by atoms with Crippen molar-refractivity contribution >= 4 is 39.0 Å². The Hall–Kier alpha value is -1.54. The van der Waals surface area contributed by atoms with Gasteiger partial charge in [0.25, 0.3) is 0 Å². The Bertz CT molecular complexity index is 607. The summed E-state index contributed by atoms with van der Waals surface area (Å²) in [6.45, 7) is 0. The van der Waals surface area contributed by atoms with Crippen LogP contribution in [0.25, 0.3) is 0 Å². The van der Waals surface area contributed by atoms with E-state index in [4.69, 9.17) is 11.6 Å². The van der Waals surface area contributed by atoms with Crippen molar-refractivity contribution in [3.8, 4) is 5.75 Å². The minimum Gasteiger partial charge on any atom is -0.405 e. The summed E-state index contributed by atoms with van der Waals surface area (Å²) in [5, 5.41) is 10.5. The molecule has 0 atom stereocenters. The van der Waals surface area contributed by atoms with Gasteiger partial charge in [0, 0.05) is 5.69 Å². The molecule has 0 unspecified atom stereocenters. The number of aromatic nitrogens is 2. The van der Waals surface area contributed by atoms with Gasteiger partial charge in [0.05, 0.1) is 4.47 Å². The van der Waals surface area contributed by atoms with Gasteiger partial charge in [-0.1, -0.05) is 11.6 Å². The lowest BCUT2D eigenvalue weighted by molar-refractivity contribution is -0.274. The van der Waals surface area contributed by atoms with E-state index in [0.29, 0.717) is 11.5 Å². The van der Waals surface area contributed by atoms with Gasteiger partial charge in [-0.2, -0.15) is 0 Å². The van der Waals surface area contributed by atoms with Gasteiger partial charge in [0.2, 0.25) is 0 Å². The number of nitrogens with zero attached hydrogens (tertiary/aromatic N) is 2. The molecule has 1 heterocycles. The van der Waals surface area contributed by atoms with E-state index < -0.39 is 6.36 Å². The number of ether oxygens (including phenoxy) is 1. The van der Waals surface area contributed by atoms with Gasteiger partial charge in [-0.25, -0.2) is 0 Å². The fourth-order valence-electron chi connectivity index (χ4n) is 1.32. The van der Waals surface area contributed by atoms with Crippen molar-refractivity contribution in [1.82, 2.24) is 10.2 Å². The highest BCUT2D eigenvalue weighted by Crippen LogP contribution is 2.33. The van der Waals surface area contributed by atoms with Gasteiger partial charge in [-0.05, 0) is 46.3 Å². The van der Waals surface area contributed by atoms with Gasteiger partial charge in [-0.3, -0.25) is 0 Å². The number of nitrogens with one attached hydrogen (secondary N) is 1. The molecule has 0 aliphatic carbocycles. The number of anilines is 2. The van der Waals surface area contributed by atoms with E-state index in [1.165, 1.54) is 24.3 Å². The second-order valence-electron chi connectivity index (χ2n) is 3.56. The van der Waals surface area contributed by atoms with E-state index in [1.54, 1.807) is 6.07 Å².